The Morgan fingerprint density at radius 1 is 0.963 bits per heavy atom. The molecule has 0 spiro atoms. The van der Waals surface area contributed by atoms with Gasteiger partial charge in [-0.3, -0.25) is 23.9 Å². The molecule has 54 heavy (non-hydrogen) atoms. The number of benzene rings is 1. The molecule has 2 aromatic heterocycles. The Bertz CT molecular complexity index is 1810. The largest absolute Gasteiger partial charge is 0.342 e. The Balaban J connectivity index is 1.21. The number of hydrogen-bond acceptors (Lipinski definition) is 10. The van der Waals surface area contributed by atoms with E-state index in [1.54, 1.807) is 53.7 Å². The predicted molar refractivity (Wildman–Crippen MR) is 200 cm³/mol. The van der Waals surface area contributed by atoms with E-state index in [1.807, 2.05) is 20.9 Å². The van der Waals surface area contributed by atoms with Crippen LogP contribution in [0.1, 0.15) is 75.3 Å². The number of anilines is 2. The highest BCUT2D eigenvalue weighted by molar-refractivity contribution is 6.01. The minimum absolute atomic E-state index is 0.0356. The zero-order valence-corrected chi connectivity index (χ0v) is 31.9. The van der Waals surface area contributed by atoms with Crippen LogP contribution in [-0.4, -0.2) is 116 Å². The van der Waals surface area contributed by atoms with Crippen LogP contribution in [0.4, 0.5) is 16.0 Å². The van der Waals surface area contributed by atoms with E-state index in [9.17, 15) is 19.2 Å². The Labute approximate surface area is 315 Å². The van der Waals surface area contributed by atoms with E-state index >= 15 is 4.39 Å². The van der Waals surface area contributed by atoms with E-state index in [4.69, 9.17) is 0 Å². The number of likely N-dealkylation sites (N-methyl/N-ethyl adjacent to an activating group) is 2. The summed E-state index contributed by atoms with van der Waals surface area (Å²) in [5.74, 6) is -2.00. The van der Waals surface area contributed by atoms with Gasteiger partial charge in [0.05, 0.1) is 5.69 Å². The van der Waals surface area contributed by atoms with E-state index in [0.717, 1.165) is 25.7 Å². The van der Waals surface area contributed by atoms with Crippen molar-refractivity contribution in [2.75, 3.05) is 43.9 Å². The van der Waals surface area contributed by atoms with Crippen molar-refractivity contribution < 1.29 is 23.6 Å². The highest BCUT2D eigenvalue weighted by Crippen LogP contribution is 2.51. The lowest BCUT2D eigenvalue weighted by molar-refractivity contribution is -0.139. The third kappa shape index (κ3) is 8.69. The summed E-state index contributed by atoms with van der Waals surface area (Å²) in [5, 5.41) is 12.9. The highest BCUT2D eigenvalue weighted by Gasteiger charge is 2.48. The number of nitrogens with one attached hydrogen (secondary N) is 3. The van der Waals surface area contributed by atoms with E-state index in [0.29, 0.717) is 55.2 Å². The number of nitrogens with zero attached hydrogens (tertiary/aromatic N) is 8. The van der Waals surface area contributed by atoms with Crippen molar-refractivity contribution in [3.8, 4) is 0 Å². The van der Waals surface area contributed by atoms with Gasteiger partial charge in [-0.05, 0) is 95.0 Å². The summed E-state index contributed by atoms with van der Waals surface area (Å²) >= 11 is 0. The first kappa shape index (κ1) is 38.7. The molecule has 290 valence electrons. The van der Waals surface area contributed by atoms with Crippen LogP contribution in [0.2, 0.25) is 0 Å². The topological polar surface area (TPSA) is 171 Å². The molecule has 3 heterocycles. The monoisotopic (exact) mass is 745 g/mol. The van der Waals surface area contributed by atoms with Crippen LogP contribution in [0.5, 0.6) is 0 Å². The molecular formula is C38H52FN11O4. The summed E-state index contributed by atoms with van der Waals surface area (Å²) in [6.45, 7) is 9.53. The van der Waals surface area contributed by atoms with Gasteiger partial charge in [-0.2, -0.15) is 5.10 Å². The number of hydrogen-bond donors (Lipinski definition) is 3. The summed E-state index contributed by atoms with van der Waals surface area (Å²) in [4.78, 5) is 72.9. The third-order valence-corrected chi connectivity index (χ3v) is 11.4. The van der Waals surface area contributed by atoms with E-state index in [-0.39, 0.29) is 23.6 Å². The summed E-state index contributed by atoms with van der Waals surface area (Å²) in [6.07, 6.45) is 8.19. The fourth-order valence-electron chi connectivity index (χ4n) is 7.42. The first-order chi connectivity index (χ1) is 25.9. The molecule has 3 aromatic rings. The number of carbonyl (C=O) groups is 4. The average Bonchev–Trinajstić information content (AvgIpc) is 4.13. The molecule has 3 N–H and O–H groups in total. The van der Waals surface area contributed by atoms with Crippen LogP contribution in [0, 0.1) is 23.6 Å². The van der Waals surface area contributed by atoms with Crippen molar-refractivity contribution in [3.63, 3.8) is 0 Å². The Morgan fingerprint density at radius 2 is 1.65 bits per heavy atom. The van der Waals surface area contributed by atoms with Gasteiger partial charge in [0.1, 0.15) is 42.3 Å². The lowest BCUT2D eigenvalue weighted by atomic mass is 9.88. The molecule has 16 heteroatoms. The second-order valence-electron chi connectivity index (χ2n) is 15.1. The summed E-state index contributed by atoms with van der Waals surface area (Å²) in [6, 6.07) is 3.56. The third-order valence-electron chi connectivity index (χ3n) is 11.4. The number of piperazine rings is 1. The Kier molecular flexibility index (Phi) is 11.9. The van der Waals surface area contributed by atoms with Crippen LogP contribution in [0.3, 0.4) is 0 Å². The molecule has 0 unspecified atom stereocenters. The zero-order valence-electron chi connectivity index (χ0n) is 31.9. The van der Waals surface area contributed by atoms with E-state index < -0.39 is 47.6 Å². The molecule has 2 aliphatic carbocycles. The van der Waals surface area contributed by atoms with Crippen LogP contribution < -0.4 is 20.9 Å². The Hall–Kier alpha value is -4.99. The van der Waals surface area contributed by atoms with E-state index in [2.05, 4.69) is 40.9 Å². The zero-order chi connectivity index (χ0) is 38.7. The average molecular weight is 746 g/mol. The molecule has 0 radical (unpaired) electrons. The molecule has 1 aliphatic heterocycles. The van der Waals surface area contributed by atoms with Gasteiger partial charge in [-0.15, -0.1) is 0 Å². The minimum atomic E-state index is -1.02. The second-order valence-corrected chi connectivity index (χ2v) is 15.1. The minimum Gasteiger partial charge on any atom is -0.342 e. The van der Waals surface area contributed by atoms with Crippen LogP contribution in [0.15, 0.2) is 43.1 Å². The van der Waals surface area contributed by atoms with Crippen LogP contribution in [0.25, 0.3) is 0 Å². The summed E-state index contributed by atoms with van der Waals surface area (Å²) in [5.41, 5.74) is 0.794. The van der Waals surface area contributed by atoms with Gasteiger partial charge in [-0.1, -0.05) is 13.0 Å². The summed E-state index contributed by atoms with van der Waals surface area (Å²) < 4.78 is 17.6. The molecule has 1 aromatic carbocycles. The number of amides is 4. The molecule has 6 rings (SSSR count). The fourth-order valence-corrected chi connectivity index (χ4v) is 7.42. The van der Waals surface area contributed by atoms with Gasteiger partial charge in [0.25, 0.3) is 5.91 Å². The van der Waals surface area contributed by atoms with Crippen LogP contribution in [-0.2, 0) is 20.9 Å². The van der Waals surface area contributed by atoms with Crippen LogP contribution >= 0.6 is 0 Å². The molecule has 2 saturated carbocycles. The van der Waals surface area contributed by atoms with Crippen molar-refractivity contribution in [2.24, 2.45) is 17.8 Å². The van der Waals surface area contributed by atoms with Gasteiger partial charge >= 0.3 is 0 Å². The predicted octanol–water partition coefficient (Wildman–Crippen LogP) is 2.68. The van der Waals surface area contributed by atoms with Gasteiger partial charge in [0.2, 0.25) is 23.7 Å². The smallest absolute Gasteiger partial charge is 0.270 e. The van der Waals surface area contributed by atoms with Gasteiger partial charge < -0.3 is 30.7 Å². The quantitative estimate of drug-likeness (QED) is 0.210. The first-order valence-corrected chi connectivity index (χ1v) is 18.9. The first-order valence-electron chi connectivity index (χ1n) is 18.9. The number of halogens is 1. The van der Waals surface area contributed by atoms with Gasteiger partial charge in [0, 0.05) is 51.4 Å². The molecule has 3 aliphatic rings. The summed E-state index contributed by atoms with van der Waals surface area (Å²) in [7, 11) is 3.69. The molecule has 4 amide bonds. The number of rotatable bonds is 15. The lowest BCUT2D eigenvalue weighted by Crippen LogP contribution is -2.59. The SMILES string of the molecule is CCn1nccc1C(=O)N[C@H](C(=O)Nc1ccc([C@H](C)[C@@H](NC(=O)[C@H](C)N(C)c2ncncn2)C(=O)N2CCN(C)[C@H](C)C2)cc1F)C(C1CC1)C1CC1. The van der Waals surface area contributed by atoms with Crippen molar-refractivity contribution in [1.29, 1.82) is 0 Å². The number of carbonyl (C=O) groups excluding carboxylic acids is 4. The maximum Gasteiger partial charge on any atom is 0.270 e. The second kappa shape index (κ2) is 16.6. The molecule has 5 atom stereocenters. The maximum atomic E-state index is 16.0. The number of aryl methyl sites for hydroxylation is 1. The van der Waals surface area contributed by atoms with Crippen molar-refractivity contribution in [1.82, 2.24) is 45.2 Å². The standard InChI is InChI=1S/C38H52FN11O4/c1-7-50-30(14-15-43-50)35(52)46-33(31(25-8-9-25)26-10-11-26)36(53)44-29-13-12-27(18-28(29)39)23(3)32(37(54)49-17-16-47(5)22(2)19-49)45-34(51)24(4)48(6)38-41-20-40-21-42-38/h12-15,18,20-26,31-33H,7-11,16-17,19H2,1-6H3,(H,44,53)(H,45,51)(H,46,52)/t22-,23+,24+,32-,33+/m1/s1. The Morgan fingerprint density at radius 3 is 2.26 bits per heavy atom. The molecule has 0 bridgehead atoms. The normalized spacial score (nSPS) is 19.8. The van der Waals surface area contributed by atoms with Gasteiger partial charge in [0.15, 0.2) is 0 Å². The van der Waals surface area contributed by atoms with Gasteiger partial charge in [-0.25, -0.2) is 19.3 Å². The molecular weight excluding hydrogens is 693 g/mol. The van der Waals surface area contributed by atoms with E-state index in [1.165, 1.54) is 24.8 Å². The van der Waals surface area contributed by atoms with Crippen molar-refractivity contribution in [3.05, 3.63) is 60.2 Å². The maximum absolute atomic E-state index is 16.0. The van der Waals surface area contributed by atoms with Crippen molar-refractivity contribution in [2.45, 2.75) is 90.0 Å². The fraction of sp³-hybridized carbons (Fsp3) is 0.579. The van der Waals surface area contributed by atoms with Crippen molar-refractivity contribution >= 4 is 35.3 Å². The number of aromatic nitrogens is 5. The highest BCUT2D eigenvalue weighted by atomic mass is 19.1. The molecule has 15 nitrogen and oxygen atoms in total. The molecule has 1 saturated heterocycles. The lowest BCUT2D eigenvalue weighted by Gasteiger charge is -2.40. The molecule has 3 fully saturated rings.